The third-order valence-electron chi connectivity index (χ3n) is 6.63. The van der Waals surface area contributed by atoms with Crippen LogP contribution in [-0.4, -0.2) is 39.4 Å². The van der Waals surface area contributed by atoms with E-state index in [9.17, 15) is 9.59 Å². The molecular formula is C28H29N5O2. The first-order valence-electron chi connectivity index (χ1n) is 12.0. The molecule has 1 fully saturated rings. The Balaban J connectivity index is 1.30. The minimum atomic E-state index is -0.0575. The van der Waals surface area contributed by atoms with Crippen LogP contribution in [0.2, 0.25) is 0 Å². The minimum absolute atomic E-state index is 0.0128. The number of aryl methyl sites for hydroxylation is 2. The maximum absolute atomic E-state index is 12.9. The zero-order valence-corrected chi connectivity index (χ0v) is 20.3. The molecule has 0 aliphatic carbocycles. The number of fused-ring (bicyclic) bond motifs is 1. The van der Waals surface area contributed by atoms with Crippen LogP contribution in [0.5, 0.6) is 0 Å². The topological polar surface area (TPSA) is 79.6 Å². The Morgan fingerprint density at radius 2 is 1.63 bits per heavy atom. The summed E-state index contributed by atoms with van der Waals surface area (Å²) >= 11 is 0. The summed E-state index contributed by atoms with van der Waals surface area (Å²) in [6, 6.07) is 19.5. The number of hydrogen-bond acceptors (Lipinski definition) is 5. The molecule has 1 aliphatic heterocycles. The molecular weight excluding hydrogens is 438 g/mol. The molecule has 0 radical (unpaired) electrons. The normalized spacial score (nSPS) is 14.3. The van der Waals surface area contributed by atoms with Crippen LogP contribution in [0.4, 0.5) is 11.5 Å². The second-order valence-corrected chi connectivity index (χ2v) is 9.31. The minimum Gasteiger partial charge on any atom is -0.356 e. The van der Waals surface area contributed by atoms with E-state index in [0.717, 1.165) is 54.3 Å². The van der Waals surface area contributed by atoms with Crippen LogP contribution >= 0.6 is 0 Å². The Bertz CT molecular complexity index is 1380. The lowest BCUT2D eigenvalue weighted by molar-refractivity contribution is -0.120. The molecule has 0 saturated carbocycles. The number of carbonyl (C=O) groups excluding carboxylic acids is 2. The van der Waals surface area contributed by atoms with Gasteiger partial charge in [-0.2, -0.15) is 9.61 Å². The van der Waals surface area contributed by atoms with E-state index in [-0.39, 0.29) is 17.6 Å². The summed E-state index contributed by atoms with van der Waals surface area (Å²) in [4.78, 5) is 31.3. The number of amides is 1. The van der Waals surface area contributed by atoms with Crippen molar-refractivity contribution in [3.8, 4) is 11.3 Å². The van der Waals surface area contributed by atoms with E-state index in [1.807, 2.05) is 17.5 Å². The van der Waals surface area contributed by atoms with Crippen molar-refractivity contribution in [1.82, 2.24) is 14.6 Å². The molecule has 1 saturated heterocycles. The predicted molar refractivity (Wildman–Crippen MR) is 138 cm³/mol. The Hall–Kier alpha value is -4.00. The Morgan fingerprint density at radius 3 is 2.29 bits per heavy atom. The van der Waals surface area contributed by atoms with Crippen molar-refractivity contribution in [2.45, 2.75) is 33.6 Å². The number of carbonyl (C=O) groups is 2. The summed E-state index contributed by atoms with van der Waals surface area (Å²) in [6.07, 6.45) is 1.51. The number of ketones is 1. The van der Waals surface area contributed by atoms with Gasteiger partial charge in [-0.3, -0.25) is 9.59 Å². The fourth-order valence-electron chi connectivity index (χ4n) is 4.57. The van der Waals surface area contributed by atoms with Gasteiger partial charge in [0.25, 0.3) is 0 Å². The lowest BCUT2D eigenvalue weighted by atomic mass is 9.95. The van der Waals surface area contributed by atoms with Gasteiger partial charge in [-0.05, 0) is 57.9 Å². The van der Waals surface area contributed by atoms with Crippen LogP contribution in [0.3, 0.4) is 0 Å². The number of nitrogens with zero attached hydrogens (tertiary/aromatic N) is 4. The van der Waals surface area contributed by atoms with Gasteiger partial charge in [0.1, 0.15) is 5.82 Å². The third-order valence-corrected chi connectivity index (χ3v) is 6.63. The molecule has 0 spiro atoms. The van der Waals surface area contributed by atoms with E-state index >= 15 is 0 Å². The van der Waals surface area contributed by atoms with Crippen LogP contribution in [0.25, 0.3) is 16.9 Å². The van der Waals surface area contributed by atoms with Gasteiger partial charge in [-0.25, -0.2) is 4.98 Å². The lowest BCUT2D eigenvalue weighted by Gasteiger charge is -2.33. The van der Waals surface area contributed by atoms with Crippen LogP contribution in [0.15, 0.2) is 60.7 Å². The highest BCUT2D eigenvalue weighted by atomic mass is 16.2. The molecule has 4 aromatic rings. The van der Waals surface area contributed by atoms with Gasteiger partial charge in [-0.15, -0.1) is 0 Å². The van der Waals surface area contributed by atoms with Crippen LogP contribution in [0, 0.1) is 19.8 Å². The molecule has 5 rings (SSSR count). The monoisotopic (exact) mass is 467 g/mol. The molecule has 35 heavy (non-hydrogen) atoms. The van der Waals surface area contributed by atoms with Gasteiger partial charge >= 0.3 is 0 Å². The molecule has 1 N–H and O–H groups in total. The van der Waals surface area contributed by atoms with E-state index < -0.39 is 0 Å². The SMILES string of the molecule is CC(=O)c1ccc(NC(=O)C2CCN(c3cc(C)nc4cc(-c5ccc(C)cc5)nn34)CC2)cc1. The summed E-state index contributed by atoms with van der Waals surface area (Å²) in [5.74, 6) is 0.985. The standard InChI is InChI=1S/C28H29N5O2/c1-18-4-6-22(7-5-18)25-17-26-29-19(2)16-27(33(26)31-25)32-14-12-23(13-15-32)28(35)30-24-10-8-21(9-11-24)20(3)34/h4-11,16-17,23H,12-15H2,1-3H3,(H,30,35). The quantitative estimate of drug-likeness (QED) is 0.415. The summed E-state index contributed by atoms with van der Waals surface area (Å²) in [6.45, 7) is 7.13. The summed E-state index contributed by atoms with van der Waals surface area (Å²) in [5, 5.41) is 7.87. The lowest BCUT2D eigenvalue weighted by Crippen LogP contribution is -2.39. The molecule has 0 unspecified atom stereocenters. The first kappa shape index (κ1) is 22.8. The van der Waals surface area contributed by atoms with Crippen molar-refractivity contribution in [2.24, 2.45) is 5.92 Å². The first-order valence-corrected chi connectivity index (χ1v) is 12.0. The molecule has 7 heteroatoms. The summed E-state index contributed by atoms with van der Waals surface area (Å²) < 4.78 is 1.92. The first-order chi connectivity index (χ1) is 16.9. The van der Waals surface area contributed by atoms with Crippen LogP contribution < -0.4 is 10.2 Å². The summed E-state index contributed by atoms with van der Waals surface area (Å²) in [5.41, 5.74) is 6.30. The zero-order valence-electron chi connectivity index (χ0n) is 20.3. The van der Waals surface area contributed by atoms with Crippen molar-refractivity contribution < 1.29 is 9.59 Å². The van der Waals surface area contributed by atoms with Gasteiger partial charge < -0.3 is 10.2 Å². The van der Waals surface area contributed by atoms with E-state index in [1.165, 1.54) is 12.5 Å². The number of aromatic nitrogens is 3. The Kier molecular flexibility index (Phi) is 6.07. The number of benzene rings is 2. The van der Waals surface area contributed by atoms with E-state index in [2.05, 4.69) is 47.5 Å². The molecule has 2 aromatic heterocycles. The van der Waals surface area contributed by atoms with E-state index in [1.54, 1.807) is 24.3 Å². The Labute approximate surface area is 204 Å². The average molecular weight is 468 g/mol. The van der Waals surface area contributed by atoms with Crippen molar-refractivity contribution >= 4 is 28.8 Å². The maximum Gasteiger partial charge on any atom is 0.227 e. The highest BCUT2D eigenvalue weighted by Crippen LogP contribution is 2.28. The van der Waals surface area contributed by atoms with Crippen molar-refractivity contribution in [2.75, 3.05) is 23.3 Å². The van der Waals surface area contributed by atoms with Crippen molar-refractivity contribution in [3.63, 3.8) is 0 Å². The number of Topliss-reactive ketones (excluding diaryl/α,β-unsaturated/α-hetero) is 1. The molecule has 3 heterocycles. The van der Waals surface area contributed by atoms with Gasteiger partial charge in [0, 0.05) is 53.6 Å². The molecule has 7 nitrogen and oxygen atoms in total. The fraction of sp³-hybridized carbons (Fsp3) is 0.286. The molecule has 1 amide bonds. The number of piperidine rings is 1. The van der Waals surface area contributed by atoms with Crippen LogP contribution in [-0.2, 0) is 4.79 Å². The van der Waals surface area contributed by atoms with E-state index in [0.29, 0.717) is 11.3 Å². The van der Waals surface area contributed by atoms with Gasteiger partial charge in [0.2, 0.25) is 5.91 Å². The zero-order chi connectivity index (χ0) is 24.5. The molecule has 1 aliphatic rings. The molecule has 0 atom stereocenters. The largest absolute Gasteiger partial charge is 0.356 e. The van der Waals surface area contributed by atoms with Crippen LogP contribution in [0.1, 0.15) is 41.4 Å². The number of rotatable bonds is 5. The fourth-order valence-corrected chi connectivity index (χ4v) is 4.57. The average Bonchev–Trinajstić information content (AvgIpc) is 3.28. The van der Waals surface area contributed by atoms with Crippen molar-refractivity contribution in [1.29, 1.82) is 0 Å². The predicted octanol–water partition coefficient (Wildman–Crippen LogP) is 5.07. The molecule has 178 valence electrons. The van der Waals surface area contributed by atoms with E-state index in [4.69, 9.17) is 10.1 Å². The number of anilines is 2. The van der Waals surface area contributed by atoms with Gasteiger partial charge in [0.15, 0.2) is 11.4 Å². The highest BCUT2D eigenvalue weighted by Gasteiger charge is 2.27. The second kappa shape index (κ2) is 9.33. The molecule has 0 bridgehead atoms. The second-order valence-electron chi connectivity index (χ2n) is 9.31. The van der Waals surface area contributed by atoms with Gasteiger partial charge in [0.05, 0.1) is 5.69 Å². The highest BCUT2D eigenvalue weighted by molar-refractivity contribution is 5.96. The number of nitrogens with one attached hydrogen (secondary N) is 1. The smallest absolute Gasteiger partial charge is 0.227 e. The third kappa shape index (κ3) is 4.80. The summed E-state index contributed by atoms with van der Waals surface area (Å²) in [7, 11) is 0. The molecule has 2 aromatic carbocycles. The number of hydrogen-bond donors (Lipinski definition) is 1. The maximum atomic E-state index is 12.9. The van der Waals surface area contributed by atoms with Gasteiger partial charge in [-0.1, -0.05) is 29.8 Å². The van der Waals surface area contributed by atoms with Crippen molar-refractivity contribution in [3.05, 3.63) is 77.5 Å². The Morgan fingerprint density at radius 1 is 0.943 bits per heavy atom.